The van der Waals surface area contributed by atoms with Crippen LogP contribution in [0.2, 0.25) is 0 Å². The lowest BCUT2D eigenvalue weighted by molar-refractivity contribution is -0.384. The average Bonchev–Trinajstić information content (AvgIpc) is 2.24. The highest BCUT2D eigenvalue weighted by molar-refractivity contribution is 7.92. The highest BCUT2D eigenvalue weighted by Gasteiger charge is 2.31. The van der Waals surface area contributed by atoms with Crippen molar-refractivity contribution >= 4 is 27.3 Å². The van der Waals surface area contributed by atoms with Gasteiger partial charge < -0.3 is 11.1 Å². The third kappa shape index (κ3) is 3.50. The number of aromatic nitrogens is 2. The zero-order valence-corrected chi connectivity index (χ0v) is 11.6. The van der Waals surface area contributed by atoms with E-state index in [4.69, 9.17) is 5.73 Å². The standard InChI is InChI=1S/C9H15N5O4S/c1-9(2,19(3,17)18)5-12-7-6(14(15)16)4-11-8(10)13-7/h4H,5H2,1-3H3,(H3,10,11,12,13). The number of nitrogens with two attached hydrogens (primary N) is 1. The van der Waals surface area contributed by atoms with Crippen molar-refractivity contribution in [3.63, 3.8) is 0 Å². The Labute approximate surface area is 110 Å². The van der Waals surface area contributed by atoms with Crippen molar-refractivity contribution in [2.75, 3.05) is 23.9 Å². The lowest BCUT2D eigenvalue weighted by Crippen LogP contribution is -2.38. The van der Waals surface area contributed by atoms with Crippen LogP contribution >= 0.6 is 0 Å². The minimum atomic E-state index is -3.32. The predicted molar refractivity (Wildman–Crippen MR) is 70.5 cm³/mol. The molecule has 0 amide bonds. The van der Waals surface area contributed by atoms with Gasteiger partial charge in [0.15, 0.2) is 9.84 Å². The molecule has 19 heavy (non-hydrogen) atoms. The maximum atomic E-state index is 11.5. The SMILES string of the molecule is CC(C)(CNc1nc(N)ncc1[N+](=O)[O-])S(C)(=O)=O. The van der Waals surface area contributed by atoms with Crippen molar-refractivity contribution in [2.24, 2.45) is 0 Å². The minimum absolute atomic E-state index is 0.0386. The summed E-state index contributed by atoms with van der Waals surface area (Å²) in [6, 6.07) is 0. The molecule has 10 heteroatoms. The van der Waals surface area contributed by atoms with E-state index in [1.165, 1.54) is 13.8 Å². The fraction of sp³-hybridized carbons (Fsp3) is 0.556. The van der Waals surface area contributed by atoms with Gasteiger partial charge in [-0.25, -0.2) is 13.4 Å². The zero-order chi connectivity index (χ0) is 14.8. The summed E-state index contributed by atoms with van der Waals surface area (Å²) in [5, 5.41) is 13.4. The third-order valence-electron chi connectivity index (χ3n) is 2.67. The topological polar surface area (TPSA) is 141 Å². The molecule has 0 atom stereocenters. The smallest absolute Gasteiger partial charge is 0.329 e. The molecule has 1 rings (SSSR count). The van der Waals surface area contributed by atoms with Gasteiger partial charge in [0, 0.05) is 12.8 Å². The maximum Gasteiger partial charge on any atom is 0.329 e. The van der Waals surface area contributed by atoms with Gasteiger partial charge in [0.05, 0.1) is 9.67 Å². The van der Waals surface area contributed by atoms with Crippen LogP contribution in [0.3, 0.4) is 0 Å². The first-order valence-corrected chi connectivity index (χ1v) is 7.14. The largest absolute Gasteiger partial charge is 0.368 e. The van der Waals surface area contributed by atoms with Crippen molar-refractivity contribution < 1.29 is 13.3 Å². The Morgan fingerprint density at radius 3 is 2.58 bits per heavy atom. The molecule has 0 radical (unpaired) electrons. The molecule has 0 spiro atoms. The molecule has 0 saturated carbocycles. The molecule has 0 unspecified atom stereocenters. The Morgan fingerprint density at radius 2 is 2.11 bits per heavy atom. The summed E-state index contributed by atoms with van der Waals surface area (Å²) in [4.78, 5) is 17.3. The van der Waals surface area contributed by atoms with Gasteiger partial charge in [0.2, 0.25) is 11.8 Å². The highest BCUT2D eigenvalue weighted by Crippen LogP contribution is 2.23. The molecule has 0 saturated heterocycles. The number of anilines is 2. The molecular weight excluding hydrogens is 274 g/mol. The number of nitrogens with one attached hydrogen (secondary N) is 1. The van der Waals surface area contributed by atoms with Crippen LogP contribution in [0.1, 0.15) is 13.8 Å². The second-order valence-electron chi connectivity index (χ2n) is 4.60. The Balaban J connectivity index is 3.01. The second kappa shape index (κ2) is 4.96. The molecule has 3 N–H and O–H groups in total. The van der Waals surface area contributed by atoms with E-state index >= 15 is 0 Å². The summed E-state index contributed by atoms with van der Waals surface area (Å²) in [6.45, 7) is 2.97. The van der Waals surface area contributed by atoms with Crippen LogP contribution < -0.4 is 11.1 Å². The first-order valence-electron chi connectivity index (χ1n) is 5.25. The Kier molecular flexibility index (Phi) is 3.94. The van der Waals surface area contributed by atoms with Crippen molar-refractivity contribution in [2.45, 2.75) is 18.6 Å². The first kappa shape index (κ1) is 15.1. The molecule has 106 valence electrons. The number of hydrogen-bond acceptors (Lipinski definition) is 8. The van der Waals surface area contributed by atoms with E-state index in [-0.39, 0.29) is 24.0 Å². The number of nitrogens with zero attached hydrogens (tertiary/aromatic N) is 3. The fourth-order valence-corrected chi connectivity index (χ4v) is 1.41. The van der Waals surface area contributed by atoms with Gasteiger partial charge in [-0.1, -0.05) is 0 Å². The van der Waals surface area contributed by atoms with Crippen molar-refractivity contribution in [3.8, 4) is 0 Å². The zero-order valence-electron chi connectivity index (χ0n) is 10.7. The van der Waals surface area contributed by atoms with Crippen molar-refractivity contribution in [3.05, 3.63) is 16.3 Å². The van der Waals surface area contributed by atoms with Crippen LogP contribution in [0.4, 0.5) is 17.5 Å². The van der Waals surface area contributed by atoms with Gasteiger partial charge in [-0.15, -0.1) is 0 Å². The Bertz CT molecular complexity index is 599. The monoisotopic (exact) mass is 289 g/mol. The molecule has 9 nitrogen and oxygen atoms in total. The van der Waals surface area contributed by atoms with Gasteiger partial charge in [0.1, 0.15) is 6.20 Å². The molecule has 0 aliphatic rings. The number of nitro groups is 1. The number of nitrogen functional groups attached to an aromatic ring is 1. The van der Waals surface area contributed by atoms with Crippen LogP contribution in [0.25, 0.3) is 0 Å². The average molecular weight is 289 g/mol. The quantitative estimate of drug-likeness (QED) is 0.578. The van der Waals surface area contributed by atoms with Crippen molar-refractivity contribution in [1.82, 2.24) is 9.97 Å². The number of sulfone groups is 1. The van der Waals surface area contributed by atoms with Gasteiger partial charge >= 0.3 is 5.69 Å². The Hall–Kier alpha value is -1.97. The minimum Gasteiger partial charge on any atom is -0.368 e. The van der Waals surface area contributed by atoms with Crippen LogP contribution in [0, 0.1) is 10.1 Å². The van der Waals surface area contributed by atoms with Crippen LogP contribution in [-0.2, 0) is 9.84 Å². The second-order valence-corrected chi connectivity index (χ2v) is 7.25. The molecule has 0 fully saturated rings. The van der Waals surface area contributed by atoms with Crippen LogP contribution in [0.15, 0.2) is 6.20 Å². The fourth-order valence-electron chi connectivity index (χ4n) is 1.08. The lowest BCUT2D eigenvalue weighted by Gasteiger charge is -2.22. The van der Waals surface area contributed by atoms with E-state index in [9.17, 15) is 18.5 Å². The molecule has 1 heterocycles. The van der Waals surface area contributed by atoms with E-state index in [0.717, 1.165) is 12.5 Å². The van der Waals surface area contributed by atoms with E-state index in [2.05, 4.69) is 15.3 Å². The van der Waals surface area contributed by atoms with Crippen molar-refractivity contribution in [1.29, 1.82) is 0 Å². The van der Waals surface area contributed by atoms with Crippen LogP contribution in [0.5, 0.6) is 0 Å². The first-order chi connectivity index (χ1) is 8.54. The molecule has 0 aliphatic carbocycles. The molecule has 0 aromatic carbocycles. The molecule has 0 bridgehead atoms. The molecular formula is C9H15N5O4S. The van der Waals surface area contributed by atoms with Crippen LogP contribution in [-0.4, -0.2) is 40.9 Å². The van der Waals surface area contributed by atoms with Gasteiger partial charge in [-0.2, -0.15) is 4.98 Å². The number of rotatable bonds is 5. The normalized spacial score (nSPS) is 12.2. The summed E-state index contributed by atoms with van der Waals surface area (Å²) in [7, 11) is -3.32. The summed E-state index contributed by atoms with van der Waals surface area (Å²) < 4.78 is 22.0. The summed E-state index contributed by atoms with van der Waals surface area (Å²) in [6.07, 6.45) is 2.07. The molecule has 1 aromatic rings. The third-order valence-corrected chi connectivity index (χ3v) is 4.82. The number of hydrogen-bond donors (Lipinski definition) is 2. The maximum absolute atomic E-state index is 11.5. The summed E-state index contributed by atoms with van der Waals surface area (Å²) >= 11 is 0. The summed E-state index contributed by atoms with van der Waals surface area (Å²) in [5.74, 6) is -0.237. The highest BCUT2D eigenvalue weighted by atomic mass is 32.2. The summed E-state index contributed by atoms with van der Waals surface area (Å²) in [5.41, 5.74) is 4.99. The predicted octanol–water partition coefficient (Wildman–Crippen LogP) is 0.202. The lowest BCUT2D eigenvalue weighted by atomic mass is 10.2. The van der Waals surface area contributed by atoms with Gasteiger partial charge in [-0.05, 0) is 13.8 Å². The van der Waals surface area contributed by atoms with Gasteiger partial charge in [-0.3, -0.25) is 10.1 Å². The van der Waals surface area contributed by atoms with Gasteiger partial charge in [0.25, 0.3) is 0 Å². The molecule has 1 aromatic heterocycles. The van der Waals surface area contributed by atoms with E-state index in [0.29, 0.717) is 0 Å². The Morgan fingerprint density at radius 1 is 1.53 bits per heavy atom. The molecule has 0 aliphatic heterocycles. The van der Waals surface area contributed by atoms with E-state index in [1.54, 1.807) is 0 Å². The van der Waals surface area contributed by atoms with E-state index < -0.39 is 19.5 Å². The van der Waals surface area contributed by atoms with E-state index in [1.807, 2.05) is 0 Å².